The molecule has 0 amide bonds. The molecular formula is C14H8F3N3O2. The summed E-state index contributed by atoms with van der Waals surface area (Å²) in [5.74, 6) is -1.89. The van der Waals surface area contributed by atoms with Crippen LogP contribution >= 0.6 is 0 Å². The molecule has 0 saturated heterocycles. The molecule has 2 heterocycles. The van der Waals surface area contributed by atoms with E-state index < -0.39 is 18.1 Å². The molecule has 0 unspecified atom stereocenters. The summed E-state index contributed by atoms with van der Waals surface area (Å²) < 4.78 is 43.5. The zero-order chi connectivity index (χ0) is 15.7. The predicted molar refractivity (Wildman–Crippen MR) is 69.5 cm³/mol. The molecule has 1 aromatic carbocycles. The fourth-order valence-electron chi connectivity index (χ4n) is 1.91. The van der Waals surface area contributed by atoms with Gasteiger partial charge in [-0.25, -0.2) is 4.39 Å². The highest BCUT2D eigenvalue weighted by atomic mass is 19.3. The van der Waals surface area contributed by atoms with Gasteiger partial charge in [0.25, 0.3) is 5.89 Å². The third kappa shape index (κ3) is 2.62. The minimum Gasteiger partial charge on any atom is -0.506 e. The lowest BCUT2D eigenvalue weighted by molar-refractivity contribution is 0.116. The van der Waals surface area contributed by atoms with Crippen molar-refractivity contribution in [3.63, 3.8) is 0 Å². The van der Waals surface area contributed by atoms with Gasteiger partial charge in [-0.05, 0) is 30.3 Å². The molecule has 3 rings (SSSR count). The fourth-order valence-corrected chi connectivity index (χ4v) is 1.91. The minimum absolute atomic E-state index is 0.111. The Morgan fingerprint density at radius 2 is 1.86 bits per heavy atom. The molecule has 0 spiro atoms. The van der Waals surface area contributed by atoms with Gasteiger partial charge in [-0.15, -0.1) is 10.2 Å². The molecule has 0 saturated carbocycles. The normalized spacial score (nSPS) is 11.1. The maximum absolute atomic E-state index is 13.7. The second-order valence-electron chi connectivity index (χ2n) is 4.35. The first kappa shape index (κ1) is 14.1. The van der Waals surface area contributed by atoms with Gasteiger partial charge in [-0.1, -0.05) is 0 Å². The van der Waals surface area contributed by atoms with Gasteiger partial charge in [0.05, 0.1) is 0 Å². The van der Waals surface area contributed by atoms with E-state index in [-0.39, 0.29) is 28.5 Å². The molecular weight excluding hydrogens is 299 g/mol. The molecule has 0 aliphatic heterocycles. The highest BCUT2D eigenvalue weighted by molar-refractivity contribution is 5.71. The summed E-state index contributed by atoms with van der Waals surface area (Å²) in [5.41, 5.74) is 0.515. The number of aromatic nitrogens is 3. The number of halogens is 3. The fraction of sp³-hybridized carbons (Fsp3) is 0.0714. The Morgan fingerprint density at radius 3 is 2.55 bits per heavy atom. The van der Waals surface area contributed by atoms with Crippen LogP contribution in [-0.4, -0.2) is 20.3 Å². The predicted octanol–water partition coefficient (Wildman–Crippen LogP) is 3.58. The lowest BCUT2D eigenvalue weighted by Crippen LogP contribution is -1.88. The Morgan fingerprint density at radius 1 is 1.09 bits per heavy atom. The third-order valence-electron chi connectivity index (χ3n) is 2.83. The van der Waals surface area contributed by atoms with Crippen LogP contribution in [0.5, 0.6) is 5.75 Å². The van der Waals surface area contributed by atoms with Crippen LogP contribution in [0, 0.1) is 5.82 Å². The molecule has 8 heteroatoms. The third-order valence-corrected chi connectivity index (χ3v) is 2.83. The maximum Gasteiger partial charge on any atom is 0.314 e. The number of hydrogen-bond donors (Lipinski definition) is 1. The van der Waals surface area contributed by atoms with Gasteiger partial charge >= 0.3 is 6.43 Å². The summed E-state index contributed by atoms with van der Waals surface area (Å²) in [7, 11) is 0. The SMILES string of the molecule is Oc1cccnc1-c1cc(F)cc(-c2nnc(C(F)F)o2)c1. The molecule has 5 nitrogen and oxygen atoms in total. The van der Waals surface area contributed by atoms with Crippen molar-refractivity contribution in [1.82, 2.24) is 15.2 Å². The van der Waals surface area contributed by atoms with E-state index in [1.165, 1.54) is 24.4 Å². The zero-order valence-electron chi connectivity index (χ0n) is 10.9. The summed E-state index contributed by atoms with van der Waals surface area (Å²) in [5, 5.41) is 16.4. The van der Waals surface area contributed by atoms with E-state index in [0.29, 0.717) is 0 Å². The van der Waals surface area contributed by atoms with E-state index >= 15 is 0 Å². The van der Waals surface area contributed by atoms with Crippen molar-refractivity contribution in [2.45, 2.75) is 6.43 Å². The van der Waals surface area contributed by atoms with Gasteiger partial charge in [-0.3, -0.25) is 4.98 Å². The highest BCUT2D eigenvalue weighted by Gasteiger charge is 2.18. The molecule has 1 N–H and O–H groups in total. The second-order valence-corrected chi connectivity index (χ2v) is 4.35. The molecule has 0 aliphatic carbocycles. The van der Waals surface area contributed by atoms with E-state index in [2.05, 4.69) is 15.2 Å². The first-order valence-corrected chi connectivity index (χ1v) is 6.11. The Kier molecular flexibility index (Phi) is 3.50. The number of hydrogen-bond acceptors (Lipinski definition) is 5. The summed E-state index contributed by atoms with van der Waals surface area (Å²) in [6.45, 7) is 0. The van der Waals surface area contributed by atoms with Crippen LogP contribution in [0.4, 0.5) is 13.2 Å². The van der Waals surface area contributed by atoms with Gasteiger partial charge in [0.1, 0.15) is 17.3 Å². The summed E-state index contributed by atoms with van der Waals surface area (Å²) in [6.07, 6.45) is -1.48. The smallest absolute Gasteiger partial charge is 0.314 e. The average Bonchev–Trinajstić information content (AvgIpc) is 2.97. The summed E-state index contributed by atoms with van der Waals surface area (Å²) in [6, 6.07) is 6.54. The molecule has 3 aromatic rings. The maximum atomic E-state index is 13.7. The molecule has 0 radical (unpaired) electrons. The molecule has 0 aliphatic rings. The Balaban J connectivity index is 2.08. The van der Waals surface area contributed by atoms with Crippen LogP contribution < -0.4 is 0 Å². The van der Waals surface area contributed by atoms with Gasteiger partial charge in [0.2, 0.25) is 5.89 Å². The van der Waals surface area contributed by atoms with E-state index in [4.69, 9.17) is 4.42 Å². The molecule has 0 bridgehead atoms. The summed E-state index contributed by atoms with van der Waals surface area (Å²) in [4.78, 5) is 3.95. The van der Waals surface area contributed by atoms with E-state index in [9.17, 15) is 18.3 Å². The van der Waals surface area contributed by atoms with Gasteiger partial charge in [0, 0.05) is 17.3 Å². The number of benzene rings is 1. The average molecular weight is 307 g/mol. The van der Waals surface area contributed by atoms with Crippen molar-refractivity contribution in [1.29, 1.82) is 0 Å². The molecule has 22 heavy (non-hydrogen) atoms. The Bertz CT molecular complexity index is 821. The van der Waals surface area contributed by atoms with Crippen molar-refractivity contribution in [2.24, 2.45) is 0 Å². The van der Waals surface area contributed by atoms with Crippen molar-refractivity contribution in [3.05, 3.63) is 48.2 Å². The van der Waals surface area contributed by atoms with Crippen molar-refractivity contribution in [3.8, 4) is 28.5 Å². The minimum atomic E-state index is -2.91. The standard InChI is InChI=1S/C14H8F3N3O2/c15-9-5-7(11-10(21)2-1-3-18-11)4-8(6-9)13-19-20-14(22-13)12(16)17/h1-6,12,21H. The van der Waals surface area contributed by atoms with Crippen molar-refractivity contribution < 1.29 is 22.7 Å². The number of rotatable bonds is 3. The van der Waals surface area contributed by atoms with E-state index in [1.807, 2.05) is 0 Å². The van der Waals surface area contributed by atoms with Crippen LogP contribution in [0.3, 0.4) is 0 Å². The van der Waals surface area contributed by atoms with Crippen molar-refractivity contribution >= 4 is 0 Å². The lowest BCUT2D eigenvalue weighted by Gasteiger charge is -2.05. The molecule has 0 fully saturated rings. The highest BCUT2D eigenvalue weighted by Crippen LogP contribution is 2.31. The molecule has 2 aromatic heterocycles. The zero-order valence-corrected chi connectivity index (χ0v) is 10.9. The van der Waals surface area contributed by atoms with Crippen molar-refractivity contribution in [2.75, 3.05) is 0 Å². The summed E-state index contributed by atoms with van der Waals surface area (Å²) >= 11 is 0. The second kappa shape index (κ2) is 5.47. The van der Waals surface area contributed by atoms with Gasteiger partial charge in [-0.2, -0.15) is 8.78 Å². The Hall–Kier alpha value is -2.90. The molecule has 112 valence electrons. The Labute approximate surface area is 122 Å². The van der Waals surface area contributed by atoms with Crippen LogP contribution in [0.25, 0.3) is 22.7 Å². The monoisotopic (exact) mass is 307 g/mol. The van der Waals surface area contributed by atoms with Crippen LogP contribution in [0.2, 0.25) is 0 Å². The van der Waals surface area contributed by atoms with Gasteiger partial charge in [0.15, 0.2) is 0 Å². The molecule has 0 atom stereocenters. The van der Waals surface area contributed by atoms with Crippen LogP contribution in [-0.2, 0) is 0 Å². The van der Waals surface area contributed by atoms with Crippen LogP contribution in [0.15, 0.2) is 40.9 Å². The number of alkyl halides is 2. The van der Waals surface area contributed by atoms with E-state index in [1.54, 1.807) is 0 Å². The number of pyridine rings is 1. The first-order chi connectivity index (χ1) is 10.5. The number of nitrogens with zero attached hydrogens (tertiary/aromatic N) is 3. The first-order valence-electron chi connectivity index (χ1n) is 6.11. The van der Waals surface area contributed by atoms with E-state index in [0.717, 1.165) is 12.1 Å². The topological polar surface area (TPSA) is 72.0 Å². The quantitative estimate of drug-likeness (QED) is 0.800. The lowest BCUT2D eigenvalue weighted by atomic mass is 10.1. The van der Waals surface area contributed by atoms with Crippen LogP contribution in [0.1, 0.15) is 12.3 Å². The largest absolute Gasteiger partial charge is 0.506 e. The van der Waals surface area contributed by atoms with Gasteiger partial charge < -0.3 is 9.52 Å². The number of aromatic hydroxyl groups is 1.